The second kappa shape index (κ2) is 6.75. The van der Waals surface area contributed by atoms with Gasteiger partial charge >= 0.3 is 0 Å². The number of nitrogen functional groups attached to an aromatic ring is 1. The standard InChI is InChI=1S/C17H20N2O/c1-2-19(13-15-9-6-10-16(18)11-15)17(20)12-14-7-4-3-5-8-14/h3-11H,2,12-13,18H2,1H3. The lowest BCUT2D eigenvalue weighted by Gasteiger charge is -2.21. The number of amides is 1. The highest BCUT2D eigenvalue weighted by Gasteiger charge is 2.12. The van der Waals surface area contributed by atoms with E-state index in [1.165, 1.54) is 0 Å². The Morgan fingerprint density at radius 3 is 2.40 bits per heavy atom. The number of carbonyl (C=O) groups excluding carboxylic acids is 1. The quantitative estimate of drug-likeness (QED) is 0.848. The van der Waals surface area contributed by atoms with Gasteiger partial charge in [0.05, 0.1) is 6.42 Å². The van der Waals surface area contributed by atoms with E-state index in [0.717, 1.165) is 16.8 Å². The molecule has 0 fully saturated rings. The molecule has 20 heavy (non-hydrogen) atoms. The smallest absolute Gasteiger partial charge is 0.227 e. The predicted molar refractivity (Wildman–Crippen MR) is 82.1 cm³/mol. The van der Waals surface area contributed by atoms with E-state index in [9.17, 15) is 4.79 Å². The molecule has 104 valence electrons. The molecule has 2 aromatic carbocycles. The summed E-state index contributed by atoms with van der Waals surface area (Å²) in [4.78, 5) is 14.2. The number of likely N-dealkylation sites (N-methyl/N-ethyl adjacent to an activating group) is 1. The van der Waals surface area contributed by atoms with Crippen LogP contribution in [0, 0.1) is 0 Å². The summed E-state index contributed by atoms with van der Waals surface area (Å²) in [7, 11) is 0. The van der Waals surface area contributed by atoms with Crippen molar-refractivity contribution in [2.24, 2.45) is 0 Å². The molecule has 0 aliphatic heterocycles. The monoisotopic (exact) mass is 268 g/mol. The van der Waals surface area contributed by atoms with Crippen LogP contribution in [0.15, 0.2) is 54.6 Å². The van der Waals surface area contributed by atoms with Gasteiger partial charge in [-0.3, -0.25) is 4.79 Å². The summed E-state index contributed by atoms with van der Waals surface area (Å²) >= 11 is 0. The van der Waals surface area contributed by atoms with Crippen LogP contribution in [-0.2, 0) is 17.8 Å². The fourth-order valence-electron chi connectivity index (χ4n) is 2.17. The lowest BCUT2D eigenvalue weighted by Crippen LogP contribution is -2.31. The summed E-state index contributed by atoms with van der Waals surface area (Å²) in [5, 5.41) is 0. The highest BCUT2D eigenvalue weighted by atomic mass is 16.2. The first-order valence-electron chi connectivity index (χ1n) is 6.85. The van der Waals surface area contributed by atoms with Crippen molar-refractivity contribution in [1.82, 2.24) is 4.90 Å². The molecule has 0 atom stereocenters. The molecule has 3 heteroatoms. The van der Waals surface area contributed by atoms with Crippen molar-refractivity contribution in [3.05, 3.63) is 65.7 Å². The van der Waals surface area contributed by atoms with E-state index >= 15 is 0 Å². The molecule has 0 heterocycles. The Labute approximate surface area is 120 Å². The number of hydrogen-bond donors (Lipinski definition) is 1. The Kier molecular flexibility index (Phi) is 4.77. The van der Waals surface area contributed by atoms with Crippen LogP contribution in [0.3, 0.4) is 0 Å². The Bertz CT molecular complexity index is 566. The summed E-state index contributed by atoms with van der Waals surface area (Å²) in [6, 6.07) is 17.5. The third-order valence-electron chi connectivity index (χ3n) is 3.26. The Morgan fingerprint density at radius 1 is 1.05 bits per heavy atom. The largest absolute Gasteiger partial charge is 0.399 e. The van der Waals surface area contributed by atoms with Gasteiger partial charge in [0.2, 0.25) is 5.91 Å². The van der Waals surface area contributed by atoms with Crippen molar-refractivity contribution in [1.29, 1.82) is 0 Å². The summed E-state index contributed by atoms with van der Waals surface area (Å²) in [6.07, 6.45) is 0.441. The molecule has 2 N–H and O–H groups in total. The van der Waals surface area contributed by atoms with Crippen molar-refractivity contribution in [2.45, 2.75) is 19.9 Å². The Morgan fingerprint density at radius 2 is 1.75 bits per heavy atom. The second-order valence-electron chi connectivity index (χ2n) is 4.82. The van der Waals surface area contributed by atoms with Gasteiger partial charge in [-0.05, 0) is 30.2 Å². The molecule has 0 saturated carbocycles. The van der Waals surface area contributed by atoms with Crippen LogP contribution in [-0.4, -0.2) is 17.4 Å². The number of nitrogens with zero attached hydrogens (tertiary/aromatic N) is 1. The number of anilines is 1. The maximum absolute atomic E-state index is 12.3. The van der Waals surface area contributed by atoms with Crippen LogP contribution >= 0.6 is 0 Å². The Balaban J connectivity index is 2.02. The average molecular weight is 268 g/mol. The van der Waals surface area contributed by atoms with Gasteiger partial charge in [-0.2, -0.15) is 0 Å². The fourth-order valence-corrected chi connectivity index (χ4v) is 2.17. The zero-order valence-electron chi connectivity index (χ0n) is 11.8. The maximum Gasteiger partial charge on any atom is 0.227 e. The van der Waals surface area contributed by atoms with E-state index in [1.807, 2.05) is 66.4 Å². The lowest BCUT2D eigenvalue weighted by atomic mass is 10.1. The van der Waals surface area contributed by atoms with Crippen molar-refractivity contribution in [3.63, 3.8) is 0 Å². The first-order valence-corrected chi connectivity index (χ1v) is 6.85. The minimum absolute atomic E-state index is 0.140. The van der Waals surface area contributed by atoms with Crippen LogP contribution < -0.4 is 5.73 Å². The van der Waals surface area contributed by atoms with Crippen LogP contribution in [0.1, 0.15) is 18.1 Å². The highest BCUT2D eigenvalue weighted by molar-refractivity contribution is 5.78. The number of rotatable bonds is 5. The molecule has 0 saturated heterocycles. The van der Waals surface area contributed by atoms with Gasteiger partial charge in [0, 0.05) is 18.8 Å². The SMILES string of the molecule is CCN(Cc1cccc(N)c1)C(=O)Cc1ccccc1. The number of carbonyl (C=O) groups is 1. The lowest BCUT2D eigenvalue weighted by molar-refractivity contribution is -0.130. The minimum atomic E-state index is 0.140. The summed E-state index contributed by atoms with van der Waals surface area (Å²) < 4.78 is 0. The number of nitrogens with two attached hydrogens (primary N) is 1. The van der Waals surface area contributed by atoms with Gasteiger partial charge in [-0.25, -0.2) is 0 Å². The summed E-state index contributed by atoms with van der Waals surface area (Å²) in [5.74, 6) is 0.140. The van der Waals surface area contributed by atoms with Gasteiger partial charge in [0.15, 0.2) is 0 Å². The average Bonchev–Trinajstić information content (AvgIpc) is 2.46. The van der Waals surface area contributed by atoms with E-state index in [-0.39, 0.29) is 5.91 Å². The fraction of sp³-hybridized carbons (Fsp3) is 0.235. The van der Waals surface area contributed by atoms with Gasteiger partial charge in [0.1, 0.15) is 0 Å². The summed E-state index contributed by atoms with van der Waals surface area (Å²) in [5.41, 5.74) is 8.61. The van der Waals surface area contributed by atoms with E-state index in [1.54, 1.807) is 0 Å². The Hall–Kier alpha value is -2.29. The molecule has 0 aromatic heterocycles. The summed E-state index contributed by atoms with van der Waals surface area (Å²) in [6.45, 7) is 3.29. The minimum Gasteiger partial charge on any atom is -0.399 e. The van der Waals surface area contributed by atoms with Crippen LogP contribution in [0.5, 0.6) is 0 Å². The van der Waals surface area contributed by atoms with Gasteiger partial charge in [0.25, 0.3) is 0 Å². The number of benzene rings is 2. The first kappa shape index (κ1) is 14.1. The van der Waals surface area contributed by atoms with E-state index in [4.69, 9.17) is 5.73 Å². The number of hydrogen-bond acceptors (Lipinski definition) is 2. The van der Waals surface area contributed by atoms with Crippen molar-refractivity contribution in [3.8, 4) is 0 Å². The van der Waals surface area contributed by atoms with Crippen molar-refractivity contribution in [2.75, 3.05) is 12.3 Å². The molecular formula is C17H20N2O. The molecule has 2 rings (SSSR count). The van der Waals surface area contributed by atoms with Crippen LogP contribution in [0.2, 0.25) is 0 Å². The molecular weight excluding hydrogens is 248 g/mol. The van der Waals surface area contributed by atoms with Crippen LogP contribution in [0.25, 0.3) is 0 Å². The van der Waals surface area contributed by atoms with Crippen molar-refractivity contribution >= 4 is 11.6 Å². The molecule has 3 nitrogen and oxygen atoms in total. The molecule has 1 amide bonds. The third kappa shape index (κ3) is 3.85. The van der Waals surface area contributed by atoms with E-state index in [0.29, 0.717) is 19.5 Å². The molecule has 0 unspecified atom stereocenters. The molecule has 0 aliphatic rings. The maximum atomic E-state index is 12.3. The first-order chi connectivity index (χ1) is 9.69. The molecule has 0 aliphatic carbocycles. The van der Waals surface area contributed by atoms with Crippen LogP contribution in [0.4, 0.5) is 5.69 Å². The highest BCUT2D eigenvalue weighted by Crippen LogP contribution is 2.11. The van der Waals surface area contributed by atoms with Gasteiger partial charge in [-0.1, -0.05) is 42.5 Å². The molecule has 0 bridgehead atoms. The second-order valence-corrected chi connectivity index (χ2v) is 4.82. The molecule has 0 radical (unpaired) electrons. The molecule has 2 aromatic rings. The van der Waals surface area contributed by atoms with Gasteiger partial charge < -0.3 is 10.6 Å². The van der Waals surface area contributed by atoms with Crippen molar-refractivity contribution < 1.29 is 4.79 Å². The molecule has 0 spiro atoms. The van der Waals surface area contributed by atoms with E-state index in [2.05, 4.69) is 0 Å². The normalized spacial score (nSPS) is 10.2. The van der Waals surface area contributed by atoms with E-state index < -0.39 is 0 Å². The zero-order valence-corrected chi connectivity index (χ0v) is 11.8. The predicted octanol–water partition coefficient (Wildman–Crippen LogP) is 2.86. The topological polar surface area (TPSA) is 46.3 Å². The zero-order chi connectivity index (χ0) is 14.4. The van der Waals surface area contributed by atoms with Gasteiger partial charge in [-0.15, -0.1) is 0 Å². The third-order valence-corrected chi connectivity index (χ3v) is 3.26.